The minimum Gasteiger partial charge on any atom is -0.381 e. The number of ether oxygens (including phenoxy) is 1. The van der Waals surface area contributed by atoms with Crippen LogP contribution in [0.4, 0.5) is 0 Å². The smallest absolute Gasteiger partial charge is 0.240 e. The van der Waals surface area contributed by atoms with Crippen LogP contribution in [0.15, 0.2) is 34.1 Å². The lowest BCUT2D eigenvalue weighted by Crippen LogP contribution is -2.33. The molecule has 0 aromatic heterocycles. The van der Waals surface area contributed by atoms with Crippen LogP contribution in [-0.2, 0) is 24.8 Å². The summed E-state index contributed by atoms with van der Waals surface area (Å²) in [6, 6.07) is 4.79. The first-order chi connectivity index (χ1) is 9.79. The van der Waals surface area contributed by atoms with Crippen LogP contribution in [0.3, 0.4) is 0 Å². The number of nitrogens with two attached hydrogens (primary N) is 1. The maximum absolute atomic E-state index is 12.1. The lowest BCUT2D eigenvalue weighted by atomic mass is 10.0. The topological polar surface area (TPSA) is 116 Å². The fourth-order valence-corrected chi connectivity index (χ4v) is 3.72. The number of sulfonamides is 2. The highest BCUT2D eigenvalue weighted by molar-refractivity contribution is 7.89. The van der Waals surface area contributed by atoms with Crippen molar-refractivity contribution in [1.82, 2.24) is 4.72 Å². The summed E-state index contributed by atoms with van der Waals surface area (Å²) in [5, 5.41) is 4.97. The van der Waals surface area contributed by atoms with Gasteiger partial charge in [0.1, 0.15) is 0 Å². The minimum absolute atomic E-state index is 0.00614. The molecule has 1 unspecified atom stereocenters. The van der Waals surface area contributed by atoms with E-state index in [0.29, 0.717) is 13.2 Å². The standard InChI is InChI=1S/C12H18N2O5S2/c13-20(15,16)11-3-5-12(6-4-11)21(17,18)14-8-10-2-1-7-19-9-10/h3-6,10,14H,1-2,7-9H2,(H2,13,15,16). The van der Waals surface area contributed by atoms with Crippen molar-refractivity contribution in [2.45, 2.75) is 22.6 Å². The molecule has 2 rings (SSSR count). The normalized spacial score (nSPS) is 20.3. The highest BCUT2D eigenvalue weighted by Crippen LogP contribution is 2.16. The summed E-state index contributed by atoms with van der Waals surface area (Å²) >= 11 is 0. The van der Waals surface area contributed by atoms with Gasteiger partial charge in [-0.1, -0.05) is 0 Å². The van der Waals surface area contributed by atoms with Crippen LogP contribution in [0.1, 0.15) is 12.8 Å². The molecule has 0 bridgehead atoms. The average Bonchev–Trinajstić information content (AvgIpc) is 2.46. The van der Waals surface area contributed by atoms with Gasteiger partial charge in [-0.2, -0.15) is 0 Å². The third-order valence-corrected chi connectivity index (χ3v) is 5.65. The molecule has 9 heteroatoms. The number of rotatable bonds is 5. The van der Waals surface area contributed by atoms with Crippen LogP contribution in [0, 0.1) is 5.92 Å². The molecule has 0 amide bonds. The van der Waals surface area contributed by atoms with Crippen molar-refractivity contribution in [3.05, 3.63) is 24.3 Å². The lowest BCUT2D eigenvalue weighted by molar-refractivity contribution is 0.0568. The van der Waals surface area contributed by atoms with E-state index in [2.05, 4.69) is 4.72 Å². The summed E-state index contributed by atoms with van der Waals surface area (Å²) in [6.45, 7) is 1.57. The Morgan fingerprint density at radius 3 is 2.29 bits per heavy atom. The maximum atomic E-state index is 12.1. The summed E-state index contributed by atoms with van der Waals surface area (Å²) in [7, 11) is -7.49. The van der Waals surface area contributed by atoms with Gasteiger partial charge in [-0.3, -0.25) is 0 Å². The van der Waals surface area contributed by atoms with Gasteiger partial charge < -0.3 is 4.74 Å². The summed E-state index contributed by atoms with van der Waals surface area (Å²) in [5.74, 6) is 0.164. The molecular formula is C12H18N2O5S2. The van der Waals surface area contributed by atoms with E-state index in [0.717, 1.165) is 19.4 Å². The van der Waals surface area contributed by atoms with Gasteiger partial charge in [0, 0.05) is 13.2 Å². The van der Waals surface area contributed by atoms with Crippen LogP contribution in [0.5, 0.6) is 0 Å². The zero-order chi connectivity index (χ0) is 15.5. The fourth-order valence-electron chi connectivity index (χ4n) is 2.09. The van der Waals surface area contributed by atoms with E-state index in [1.165, 1.54) is 24.3 Å². The van der Waals surface area contributed by atoms with Crippen molar-refractivity contribution >= 4 is 20.0 Å². The number of primary sulfonamides is 1. The summed E-state index contributed by atoms with van der Waals surface area (Å²) in [4.78, 5) is -0.117. The molecule has 3 N–H and O–H groups in total. The summed E-state index contributed by atoms with van der Waals surface area (Å²) in [6.07, 6.45) is 1.85. The van der Waals surface area contributed by atoms with E-state index in [1.807, 2.05) is 0 Å². The number of benzene rings is 1. The largest absolute Gasteiger partial charge is 0.381 e. The maximum Gasteiger partial charge on any atom is 0.240 e. The fraction of sp³-hybridized carbons (Fsp3) is 0.500. The molecule has 1 heterocycles. The van der Waals surface area contributed by atoms with Crippen LogP contribution in [0.25, 0.3) is 0 Å². The van der Waals surface area contributed by atoms with E-state index in [9.17, 15) is 16.8 Å². The first kappa shape index (κ1) is 16.4. The SMILES string of the molecule is NS(=O)(=O)c1ccc(S(=O)(=O)NCC2CCCOC2)cc1. The van der Waals surface area contributed by atoms with Gasteiger partial charge in [0.15, 0.2) is 0 Å². The third-order valence-electron chi connectivity index (χ3n) is 3.28. The molecule has 7 nitrogen and oxygen atoms in total. The van der Waals surface area contributed by atoms with Gasteiger partial charge in [-0.15, -0.1) is 0 Å². The van der Waals surface area contributed by atoms with Gasteiger partial charge in [-0.05, 0) is 43.0 Å². The quantitative estimate of drug-likeness (QED) is 0.789. The Hall–Kier alpha value is -1.00. The molecule has 0 spiro atoms. The van der Waals surface area contributed by atoms with Gasteiger partial charge >= 0.3 is 0 Å². The molecule has 1 aromatic carbocycles. The van der Waals surface area contributed by atoms with Crippen molar-refractivity contribution in [1.29, 1.82) is 0 Å². The van der Waals surface area contributed by atoms with Crippen molar-refractivity contribution in [2.24, 2.45) is 11.1 Å². The molecule has 0 radical (unpaired) electrons. The highest BCUT2D eigenvalue weighted by atomic mass is 32.2. The van der Waals surface area contributed by atoms with E-state index in [1.54, 1.807) is 0 Å². The molecule has 21 heavy (non-hydrogen) atoms. The Bertz CT molecular complexity index is 677. The van der Waals surface area contributed by atoms with E-state index in [-0.39, 0.29) is 15.7 Å². The Kier molecular flexibility index (Phi) is 4.99. The molecule has 0 saturated carbocycles. The summed E-state index contributed by atoms with van der Waals surface area (Å²) in [5.41, 5.74) is 0. The Labute approximate surface area is 124 Å². The molecule has 1 aromatic rings. The molecule has 1 saturated heterocycles. The molecule has 1 fully saturated rings. The lowest BCUT2D eigenvalue weighted by Gasteiger charge is -2.22. The van der Waals surface area contributed by atoms with Gasteiger partial charge in [0.2, 0.25) is 20.0 Å². The number of nitrogens with one attached hydrogen (secondary N) is 1. The van der Waals surface area contributed by atoms with Gasteiger partial charge in [-0.25, -0.2) is 26.7 Å². The van der Waals surface area contributed by atoms with Crippen molar-refractivity contribution in [2.75, 3.05) is 19.8 Å². The Balaban J connectivity index is 2.05. The molecule has 1 aliphatic rings. The van der Waals surface area contributed by atoms with Crippen LogP contribution in [0.2, 0.25) is 0 Å². The van der Waals surface area contributed by atoms with Crippen LogP contribution >= 0.6 is 0 Å². The molecule has 1 atom stereocenters. The zero-order valence-electron chi connectivity index (χ0n) is 11.4. The van der Waals surface area contributed by atoms with Crippen molar-refractivity contribution < 1.29 is 21.6 Å². The Morgan fingerprint density at radius 1 is 1.14 bits per heavy atom. The Morgan fingerprint density at radius 2 is 1.76 bits per heavy atom. The van der Waals surface area contributed by atoms with Gasteiger partial charge in [0.25, 0.3) is 0 Å². The van der Waals surface area contributed by atoms with E-state index < -0.39 is 20.0 Å². The summed E-state index contributed by atoms with van der Waals surface area (Å²) < 4.78 is 54.3. The third kappa shape index (κ3) is 4.48. The van der Waals surface area contributed by atoms with Crippen LogP contribution in [-0.4, -0.2) is 36.6 Å². The van der Waals surface area contributed by atoms with Crippen molar-refractivity contribution in [3.8, 4) is 0 Å². The predicted octanol–water partition coefficient (Wildman–Crippen LogP) is 0.0389. The van der Waals surface area contributed by atoms with Gasteiger partial charge in [0.05, 0.1) is 16.4 Å². The number of hydrogen-bond donors (Lipinski definition) is 2. The van der Waals surface area contributed by atoms with E-state index in [4.69, 9.17) is 9.88 Å². The average molecular weight is 334 g/mol. The first-order valence-corrected chi connectivity index (χ1v) is 9.52. The minimum atomic E-state index is -3.83. The molecule has 118 valence electrons. The highest BCUT2D eigenvalue weighted by Gasteiger charge is 2.19. The monoisotopic (exact) mass is 334 g/mol. The predicted molar refractivity (Wildman–Crippen MR) is 76.5 cm³/mol. The first-order valence-electron chi connectivity index (χ1n) is 6.49. The molecule has 0 aliphatic carbocycles. The van der Waals surface area contributed by atoms with E-state index >= 15 is 0 Å². The molecule has 1 aliphatic heterocycles. The second-order valence-corrected chi connectivity index (χ2v) is 8.28. The second kappa shape index (κ2) is 6.41. The number of hydrogen-bond acceptors (Lipinski definition) is 5. The van der Waals surface area contributed by atoms with Crippen molar-refractivity contribution in [3.63, 3.8) is 0 Å². The molecular weight excluding hydrogens is 316 g/mol. The zero-order valence-corrected chi connectivity index (χ0v) is 13.0. The second-order valence-electron chi connectivity index (χ2n) is 4.95. The van der Waals surface area contributed by atoms with Crippen LogP contribution < -0.4 is 9.86 Å².